The summed E-state index contributed by atoms with van der Waals surface area (Å²) in [6.07, 6.45) is 2.04. The normalized spacial score (nSPS) is 12.5. The van der Waals surface area contributed by atoms with Crippen LogP contribution in [0.2, 0.25) is 0 Å². The monoisotopic (exact) mass is 307 g/mol. The van der Waals surface area contributed by atoms with Crippen molar-refractivity contribution in [1.82, 2.24) is 0 Å². The molecule has 0 aliphatic heterocycles. The van der Waals surface area contributed by atoms with Crippen molar-refractivity contribution in [3.05, 3.63) is 0 Å². The minimum Gasteiger partial charge on any atom is -0.480 e. The average Bonchev–Trinajstić information content (AvgIpc) is 2.38. The van der Waals surface area contributed by atoms with Gasteiger partial charge in [0.2, 0.25) is 0 Å². The zero-order chi connectivity index (χ0) is 16.8. The maximum atomic E-state index is 10.3. The van der Waals surface area contributed by atoms with Gasteiger partial charge in [-0.3, -0.25) is 14.6 Å². The highest BCUT2D eigenvalue weighted by Gasteiger charge is 2.09. The summed E-state index contributed by atoms with van der Waals surface area (Å²) >= 11 is 0. The van der Waals surface area contributed by atoms with Crippen LogP contribution in [0.1, 0.15) is 25.7 Å². The Kier molecular flexibility index (Phi) is 13.3. The minimum absolute atomic E-state index is 0.0579. The van der Waals surface area contributed by atoms with Crippen molar-refractivity contribution in [2.24, 2.45) is 27.9 Å². The molecule has 0 bridgehead atoms. The molecule has 0 spiro atoms. The zero-order valence-electron chi connectivity index (χ0n) is 11.8. The van der Waals surface area contributed by atoms with Gasteiger partial charge in [0.15, 0.2) is 5.96 Å². The van der Waals surface area contributed by atoms with Crippen molar-refractivity contribution in [2.45, 2.75) is 37.8 Å². The number of hydrogen-bond acceptors (Lipinski definition) is 6. The van der Waals surface area contributed by atoms with Crippen molar-refractivity contribution in [3.8, 4) is 0 Å². The Morgan fingerprint density at radius 3 is 1.76 bits per heavy atom. The summed E-state index contributed by atoms with van der Waals surface area (Å²) in [4.78, 5) is 23.9. The van der Waals surface area contributed by atoms with Gasteiger partial charge in [-0.1, -0.05) is 0 Å². The van der Waals surface area contributed by atoms with Gasteiger partial charge in [-0.15, -0.1) is 0 Å². The van der Waals surface area contributed by atoms with Gasteiger partial charge in [0.05, 0.1) is 0 Å². The molecule has 0 aromatic rings. The van der Waals surface area contributed by atoms with E-state index in [1.54, 1.807) is 0 Å². The fourth-order valence-electron chi connectivity index (χ4n) is 1.07. The van der Waals surface area contributed by atoms with Crippen LogP contribution < -0.4 is 22.9 Å². The van der Waals surface area contributed by atoms with E-state index in [4.69, 9.17) is 38.3 Å². The Bertz CT molecular complexity index is 333. The largest absolute Gasteiger partial charge is 0.480 e. The number of aliphatic carboxylic acids is 2. The molecule has 124 valence electrons. The van der Waals surface area contributed by atoms with Crippen molar-refractivity contribution in [3.63, 3.8) is 0 Å². The molecular formula is C11H25N5O5. The van der Waals surface area contributed by atoms with Crippen LogP contribution in [0.3, 0.4) is 0 Å². The molecule has 0 aromatic carbocycles. The molecule has 0 saturated heterocycles. The first-order valence-corrected chi connectivity index (χ1v) is 6.35. The van der Waals surface area contributed by atoms with Gasteiger partial charge in [0.1, 0.15) is 12.1 Å². The van der Waals surface area contributed by atoms with Gasteiger partial charge in [-0.2, -0.15) is 0 Å². The number of aliphatic imine (C=N–C) groups is 1. The Morgan fingerprint density at radius 1 is 0.952 bits per heavy atom. The third-order valence-corrected chi connectivity index (χ3v) is 2.29. The number of unbranched alkanes of at least 4 members (excludes halogenated alkanes) is 1. The van der Waals surface area contributed by atoms with Gasteiger partial charge >= 0.3 is 11.9 Å². The molecular weight excluding hydrogens is 282 g/mol. The summed E-state index contributed by atoms with van der Waals surface area (Å²) in [6, 6.07) is -1.70. The summed E-state index contributed by atoms with van der Waals surface area (Å²) in [5.74, 6) is -1.98. The molecule has 0 heterocycles. The summed E-state index contributed by atoms with van der Waals surface area (Å²) in [5.41, 5.74) is 20.4. The number of nitrogens with two attached hydrogens (primary N) is 4. The lowest BCUT2D eigenvalue weighted by atomic mass is 10.1. The summed E-state index contributed by atoms with van der Waals surface area (Å²) in [6.45, 7) is 0.349. The molecule has 0 aliphatic rings. The zero-order valence-corrected chi connectivity index (χ0v) is 11.8. The molecule has 0 aliphatic carbocycles. The summed E-state index contributed by atoms with van der Waals surface area (Å²) in [5, 5.41) is 24.7. The van der Waals surface area contributed by atoms with Crippen LogP contribution >= 0.6 is 0 Å². The van der Waals surface area contributed by atoms with Gasteiger partial charge < -0.3 is 38.3 Å². The van der Waals surface area contributed by atoms with E-state index in [0.29, 0.717) is 19.4 Å². The molecule has 10 heteroatoms. The first kappa shape index (κ1) is 21.4. The van der Waals surface area contributed by atoms with Crippen LogP contribution in [0, 0.1) is 0 Å². The fourth-order valence-corrected chi connectivity index (χ4v) is 1.07. The number of rotatable bonds is 9. The number of hydrogen-bond donors (Lipinski definition) is 7. The molecule has 0 radical (unpaired) electrons. The molecule has 0 fully saturated rings. The third kappa shape index (κ3) is 16.0. The Labute approximate surface area is 122 Å². The van der Waals surface area contributed by atoms with E-state index in [1.807, 2.05) is 0 Å². The second-order valence-electron chi connectivity index (χ2n) is 4.20. The Morgan fingerprint density at radius 2 is 1.43 bits per heavy atom. The van der Waals surface area contributed by atoms with Crippen molar-refractivity contribution in [1.29, 1.82) is 0 Å². The number of nitrogens with zero attached hydrogens (tertiary/aromatic N) is 1. The second-order valence-corrected chi connectivity index (χ2v) is 4.20. The molecule has 11 N–H and O–H groups in total. The van der Waals surface area contributed by atoms with Crippen LogP contribution in [-0.2, 0) is 9.59 Å². The summed E-state index contributed by atoms with van der Waals surface area (Å²) < 4.78 is 0. The number of carbonyl (C=O) groups is 2. The highest BCUT2D eigenvalue weighted by atomic mass is 16.4. The molecule has 0 saturated carbocycles. The van der Waals surface area contributed by atoms with E-state index in [0.717, 1.165) is 6.42 Å². The number of aliphatic hydroxyl groups excluding tert-OH is 1. The van der Waals surface area contributed by atoms with E-state index >= 15 is 0 Å². The summed E-state index contributed by atoms with van der Waals surface area (Å²) in [7, 11) is 0. The number of carboxylic acid groups (broad SMARTS) is 2. The van der Waals surface area contributed by atoms with Crippen LogP contribution in [-0.4, -0.2) is 58.5 Å². The fraction of sp³-hybridized carbons (Fsp3) is 0.727. The predicted octanol–water partition coefficient (Wildman–Crippen LogP) is -2.38. The van der Waals surface area contributed by atoms with E-state index in [1.165, 1.54) is 0 Å². The van der Waals surface area contributed by atoms with E-state index in [-0.39, 0.29) is 19.0 Å². The van der Waals surface area contributed by atoms with Crippen LogP contribution in [0.15, 0.2) is 4.99 Å². The maximum absolute atomic E-state index is 10.3. The molecule has 0 rings (SSSR count). The van der Waals surface area contributed by atoms with Gasteiger partial charge in [0.25, 0.3) is 0 Å². The van der Waals surface area contributed by atoms with Gasteiger partial charge in [-0.25, -0.2) is 0 Å². The number of carboxylic acids is 2. The lowest BCUT2D eigenvalue weighted by Gasteiger charge is -2.04. The van der Waals surface area contributed by atoms with E-state index < -0.39 is 24.0 Å². The smallest absolute Gasteiger partial charge is 0.320 e. The van der Waals surface area contributed by atoms with Crippen LogP contribution in [0.25, 0.3) is 0 Å². The van der Waals surface area contributed by atoms with Crippen molar-refractivity contribution in [2.75, 3.05) is 13.2 Å². The molecule has 0 aromatic heterocycles. The first-order chi connectivity index (χ1) is 9.72. The predicted molar refractivity (Wildman–Crippen MR) is 77.5 cm³/mol. The lowest BCUT2D eigenvalue weighted by molar-refractivity contribution is -0.139. The molecule has 0 unspecified atom stereocenters. The maximum Gasteiger partial charge on any atom is 0.320 e. The standard InChI is InChI=1S/C7H16N4O2.C4H9NO3/c8-5(6(12)13)3-1-2-4-11-7(9)10;5-3(1-2-6)4(7)8/h5H,1-4,8H2,(H,12,13)(H4,9,10,11);3,6H,1-2,5H2,(H,7,8)/t5-;3-/m00/s1. The number of aliphatic hydroxyl groups is 1. The average molecular weight is 307 g/mol. The molecule has 2 atom stereocenters. The van der Waals surface area contributed by atoms with E-state index in [9.17, 15) is 9.59 Å². The van der Waals surface area contributed by atoms with E-state index in [2.05, 4.69) is 4.99 Å². The Balaban J connectivity index is 0. The second kappa shape index (κ2) is 13.1. The highest BCUT2D eigenvalue weighted by Crippen LogP contribution is 1.99. The number of guanidine groups is 1. The first-order valence-electron chi connectivity index (χ1n) is 6.35. The highest BCUT2D eigenvalue weighted by molar-refractivity contribution is 5.75. The molecule has 10 nitrogen and oxygen atoms in total. The van der Waals surface area contributed by atoms with Gasteiger partial charge in [-0.05, 0) is 25.7 Å². The van der Waals surface area contributed by atoms with Crippen LogP contribution in [0.5, 0.6) is 0 Å². The topological polar surface area (TPSA) is 211 Å². The van der Waals surface area contributed by atoms with Crippen LogP contribution in [0.4, 0.5) is 0 Å². The minimum atomic E-state index is -1.07. The molecule has 21 heavy (non-hydrogen) atoms. The lowest BCUT2D eigenvalue weighted by Crippen LogP contribution is -2.30. The Hall–Kier alpha value is -1.91. The van der Waals surface area contributed by atoms with Gasteiger partial charge in [0, 0.05) is 13.2 Å². The van der Waals surface area contributed by atoms with Crippen molar-refractivity contribution < 1.29 is 24.9 Å². The molecule has 0 amide bonds. The van der Waals surface area contributed by atoms with Crippen molar-refractivity contribution >= 4 is 17.9 Å². The third-order valence-electron chi connectivity index (χ3n) is 2.29. The SMILES string of the molecule is NC(N)=NCCCC[C@H](N)C(=O)O.N[C@@H](CCO)C(=O)O. The quantitative estimate of drug-likeness (QED) is 0.137.